The first kappa shape index (κ1) is 13.7. The zero-order valence-corrected chi connectivity index (χ0v) is 11.2. The van der Waals surface area contributed by atoms with Gasteiger partial charge < -0.3 is 0 Å². The Kier molecular flexibility index (Phi) is 4.77. The number of rotatable bonds is 4. The molecule has 102 valence electrons. The van der Waals surface area contributed by atoms with Gasteiger partial charge in [-0.3, -0.25) is 20.7 Å². The molecule has 6 heteroatoms. The number of guanidine groups is 1. The molecule has 0 atom stereocenters. The van der Waals surface area contributed by atoms with Gasteiger partial charge in [-0.25, -0.2) is 0 Å². The first-order valence-electron chi connectivity index (χ1n) is 6.23. The van der Waals surface area contributed by atoms with Gasteiger partial charge in [0.15, 0.2) is 0 Å². The molecule has 0 aliphatic heterocycles. The van der Waals surface area contributed by atoms with Gasteiger partial charge in [0.05, 0.1) is 17.1 Å². The summed E-state index contributed by atoms with van der Waals surface area (Å²) in [6.07, 6.45) is 3.46. The molecule has 6 nitrogen and oxygen atoms in total. The molecule has 0 radical (unpaired) electrons. The third-order valence-corrected chi connectivity index (χ3v) is 2.57. The van der Waals surface area contributed by atoms with Gasteiger partial charge in [-0.05, 0) is 31.2 Å². The lowest BCUT2D eigenvalue weighted by Gasteiger charge is -1.98. The number of nitrogens with two attached hydrogens (primary N) is 1. The summed E-state index contributed by atoms with van der Waals surface area (Å²) in [5.74, 6) is 0.367. The molecule has 0 amide bonds. The number of hydrazone groups is 1. The van der Waals surface area contributed by atoms with Crippen LogP contribution in [-0.2, 0) is 6.54 Å². The van der Waals surface area contributed by atoms with Crippen LogP contribution in [0.1, 0.15) is 18.3 Å². The van der Waals surface area contributed by atoms with E-state index in [2.05, 4.69) is 25.5 Å². The van der Waals surface area contributed by atoms with Crippen molar-refractivity contribution in [3.63, 3.8) is 0 Å². The minimum Gasteiger partial charge on any atom is -0.289 e. The monoisotopic (exact) mass is 269 g/mol. The molecule has 0 saturated heterocycles. The van der Waals surface area contributed by atoms with Crippen LogP contribution in [0.5, 0.6) is 0 Å². The molecule has 0 aromatic carbocycles. The van der Waals surface area contributed by atoms with E-state index in [0.717, 1.165) is 17.1 Å². The van der Waals surface area contributed by atoms with Crippen molar-refractivity contribution in [1.82, 2.24) is 15.4 Å². The second-order valence-electron chi connectivity index (χ2n) is 4.11. The van der Waals surface area contributed by atoms with Gasteiger partial charge in [0.25, 0.3) is 0 Å². The fraction of sp³-hybridized carbons (Fsp3) is 0.143. The van der Waals surface area contributed by atoms with E-state index < -0.39 is 0 Å². The lowest BCUT2D eigenvalue weighted by molar-refractivity contribution is -0.479. The van der Waals surface area contributed by atoms with Crippen LogP contribution >= 0.6 is 0 Å². The predicted molar refractivity (Wildman–Crippen MR) is 77.7 cm³/mol. The molecule has 0 bridgehead atoms. The Labute approximate surface area is 117 Å². The molecule has 0 unspecified atom stereocenters. The Bertz CT molecular complexity index is 592. The van der Waals surface area contributed by atoms with E-state index in [0.29, 0.717) is 12.5 Å². The largest absolute Gasteiger partial charge is 0.365 e. The van der Waals surface area contributed by atoms with E-state index in [-0.39, 0.29) is 0 Å². The van der Waals surface area contributed by atoms with Crippen LogP contribution in [0.25, 0.3) is 0 Å². The molecule has 2 rings (SSSR count). The lowest BCUT2D eigenvalue weighted by Crippen LogP contribution is -2.76. The highest BCUT2D eigenvalue weighted by atomic mass is 15.4. The van der Waals surface area contributed by atoms with Gasteiger partial charge in [0.2, 0.25) is 0 Å². The van der Waals surface area contributed by atoms with Crippen LogP contribution in [-0.4, -0.2) is 21.6 Å². The maximum Gasteiger partial charge on any atom is 0.365 e. The number of aromatic nitrogens is 2. The summed E-state index contributed by atoms with van der Waals surface area (Å²) in [5.41, 5.74) is 11.0. The lowest BCUT2D eigenvalue weighted by atomic mass is 10.3. The molecule has 20 heavy (non-hydrogen) atoms. The number of hydrogen-bond donors (Lipinski definition) is 3. The molecule has 0 spiro atoms. The van der Waals surface area contributed by atoms with Crippen molar-refractivity contribution in [2.24, 2.45) is 10.8 Å². The molecule has 0 aliphatic carbocycles. The van der Waals surface area contributed by atoms with Gasteiger partial charge in [0.1, 0.15) is 6.54 Å². The summed E-state index contributed by atoms with van der Waals surface area (Å²) < 4.78 is 0. The van der Waals surface area contributed by atoms with Gasteiger partial charge in [-0.1, -0.05) is 12.1 Å². The van der Waals surface area contributed by atoms with Crippen LogP contribution in [0.4, 0.5) is 0 Å². The van der Waals surface area contributed by atoms with Gasteiger partial charge in [-0.15, -0.1) is 5.10 Å². The summed E-state index contributed by atoms with van der Waals surface area (Å²) in [6.45, 7) is 2.40. The fourth-order valence-corrected chi connectivity index (χ4v) is 1.51. The molecule has 0 fully saturated rings. The highest BCUT2D eigenvalue weighted by Gasteiger charge is 2.01. The third-order valence-electron chi connectivity index (χ3n) is 2.57. The summed E-state index contributed by atoms with van der Waals surface area (Å²) in [4.78, 5) is 11.4. The highest BCUT2D eigenvalue weighted by molar-refractivity contribution is 5.97. The average molecular weight is 269 g/mol. The molecule has 2 heterocycles. The first-order chi connectivity index (χ1) is 9.75. The second-order valence-corrected chi connectivity index (χ2v) is 4.11. The number of pyridine rings is 2. The molecular formula is C14H17N6+. The molecule has 4 N–H and O–H groups in total. The SMILES string of the molecule is C/C(=N/NC(N)=[NH+]Cc1ccccn1)c1ccccn1. The number of hydrogen-bond acceptors (Lipinski definition) is 3. The van der Waals surface area contributed by atoms with E-state index >= 15 is 0 Å². The van der Waals surface area contributed by atoms with Crippen LogP contribution in [0, 0.1) is 0 Å². The highest BCUT2D eigenvalue weighted by Crippen LogP contribution is 1.94. The standard InChI is InChI=1S/C14H16N6/c1-11(13-7-3-5-9-17-13)19-20-14(15)18-10-12-6-2-4-8-16-12/h2-9H,10H2,1H3,(H3,15,18,20)/p+1/b19-11-. The van der Waals surface area contributed by atoms with E-state index in [4.69, 9.17) is 5.73 Å². The minimum atomic E-state index is 0.367. The van der Waals surface area contributed by atoms with Crippen molar-refractivity contribution < 1.29 is 4.99 Å². The molecule has 2 aromatic heterocycles. The van der Waals surface area contributed by atoms with E-state index in [1.165, 1.54) is 0 Å². The van der Waals surface area contributed by atoms with E-state index in [1.54, 1.807) is 12.4 Å². The van der Waals surface area contributed by atoms with Crippen molar-refractivity contribution in [2.75, 3.05) is 0 Å². The van der Waals surface area contributed by atoms with Gasteiger partial charge in [0, 0.05) is 12.4 Å². The Hall–Kier alpha value is -2.76. The summed E-state index contributed by atoms with van der Waals surface area (Å²) >= 11 is 0. The Morgan fingerprint density at radius 3 is 2.60 bits per heavy atom. The number of nitrogens with one attached hydrogen (secondary N) is 2. The van der Waals surface area contributed by atoms with E-state index in [9.17, 15) is 0 Å². The molecule has 0 saturated carbocycles. The Morgan fingerprint density at radius 2 is 1.95 bits per heavy atom. The fourth-order valence-electron chi connectivity index (χ4n) is 1.51. The quantitative estimate of drug-likeness (QED) is 0.392. The minimum absolute atomic E-state index is 0.367. The van der Waals surface area contributed by atoms with Gasteiger partial charge in [-0.2, -0.15) is 5.43 Å². The zero-order valence-electron chi connectivity index (χ0n) is 11.2. The van der Waals surface area contributed by atoms with Crippen molar-refractivity contribution in [3.05, 3.63) is 60.2 Å². The number of nitrogens with zero attached hydrogens (tertiary/aromatic N) is 3. The predicted octanol–water partition coefficient (Wildman–Crippen LogP) is -0.614. The van der Waals surface area contributed by atoms with Crippen molar-refractivity contribution in [2.45, 2.75) is 13.5 Å². The Balaban J connectivity index is 1.93. The van der Waals surface area contributed by atoms with Crippen molar-refractivity contribution >= 4 is 11.7 Å². The molecule has 2 aromatic rings. The molecular weight excluding hydrogens is 252 g/mol. The maximum absolute atomic E-state index is 5.79. The van der Waals surface area contributed by atoms with Crippen LogP contribution in [0.3, 0.4) is 0 Å². The normalized spacial score (nSPS) is 12.2. The van der Waals surface area contributed by atoms with E-state index in [1.807, 2.05) is 43.3 Å². The maximum atomic E-state index is 5.79. The zero-order chi connectivity index (χ0) is 14.2. The smallest absolute Gasteiger partial charge is 0.289 e. The van der Waals surface area contributed by atoms with Gasteiger partial charge >= 0.3 is 5.96 Å². The Morgan fingerprint density at radius 1 is 1.20 bits per heavy atom. The third kappa shape index (κ3) is 4.16. The average Bonchev–Trinajstić information content (AvgIpc) is 2.52. The molecule has 0 aliphatic rings. The van der Waals surface area contributed by atoms with Crippen LogP contribution in [0.2, 0.25) is 0 Å². The van der Waals surface area contributed by atoms with Crippen LogP contribution < -0.4 is 16.2 Å². The van der Waals surface area contributed by atoms with Crippen molar-refractivity contribution in [3.8, 4) is 0 Å². The summed E-state index contributed by atoms with van der Waals surface area (Å²) in [5, 5.41) is 4.17. The second kappa shape index (κ2) is 6.98. The summed E-state index contributed by atoms with van der Waals surface area (Å²) in [6, 6.07) is 11.4. The first-order valence-corrected chi connectivity index (χ1v) is 6.23. The van der Waals surface area contributed by atoms with Crippen LogP contribution in [0.15, 0.2) is 53.9 Å². The summed E-state index contributed by atoms with van der Waals surface area (Å²) in [7, 11) is 0. The topological polar surface area (TPSA) is 90.2 Å². The van der Waals surface area contributed by atoms with Crippen molar-refractivity contribution in [1.29, 1.82) is 0 Å².